The number of rotatable bonds is 2. The van der Waals surface area contributed by atoms with Crippen LogP contribution in [0.15, 0.2) is 0 Å². The third-order valence-corrected chi connectivity index (χ3v) is 5.01. The Bertz CT molecular complexity index is 624. The number of anilines is 1. The topological polar surface area (TPSA) is 61.7 Å². The van der Waals surface area contributed by atoms with Crippen LogP contribution in [0.5, 0.6) is 0 Å². The fraction of sp³-hybridized carbons (Fsp3) is 0.733. The Kier molecular flexibility index (Phi) is 3.22. The average molecular weight is 275 g/mol. The highest BCUT2D eigenvalue weighted by Crippen LogP contribution is 2.39. The van der Waals surface area contributed by atoms with E-state index in [1.165, 1.54) is 19.3 Å². The van der Waals surface area contributed by atoms with E-state index in [0.29, 0.717) is 12.0 Å². The summed E-state index contributed by atoms with van der Waals surface area (Å²) in [6.45, 7) is 9.69. The van der Waals surface area contributed by atoms with E-state index in [4.69, 9.17) is 5.73 Å². The summed E-state index contributed by atoms with van der Waals surface area (Å²) in [4.78, 5) is 4.56. The standard InChI is InChI=1S/C15H25N5/c1-5-19-14-13(11(4)18-19)17-15(16)20(14)12-7-6-9(2)10(3)8-12/h9-10,12H,5-8H2,1-4H3,(H2,16,17). The van der Waals surface area contributed by atoms with Gasteiger partial charge in [0, 0.05) is 12.6 Å². The first-order chi connectivity index (χ1) is 9.52. The van der Waals surface area contributed by atoms with E-state index in [-0.39, 0.29) is 0 Å². The molecular weight excluding hydrogens is 250 g/mol. The normalized spacial score (nSPS) is 27.3. The highest BCUT2D eigenvalue weighted by atomic mass is 15.4. The van der Waals surface area contributed by atoms with E-state index >= 15 is 0 Å². The number of aryl methyl sites for hydroxylation is 2. The van der Waals surface area contributed by atoms with Gasteiger partial charge < -0.3 is 5.73 Å². The molecule has 0 amide bonds. The third-order valence-electron chi connectivity index (χ3n) is 5.01. The summed E-state index contributed by atoms with van der Waals surface area (Å²) in [6, 6.07) is 0.465. The molecule has 1 aliphatic rings. The van der Waals surface area contributed by atoms with Crippen LogP contribution in [-0.4, -0.2) is 19.3 Å². The molecular formula is C15H25N5. The fourth-order valence-electron chi connectivity index (χ4n) is 3.54. The summed E-state index contributed by atoms with van der Waals surface area (Å²) in [5, 5.41) is 4.58. The number of aromatic nitrogens is 4. The first kappa shape index (κ1) is 13.5. The Morgan fingerprint density at radius 3 is 2.65 bits per heavy atom. The second-order valence-electron chi connectivity index (χ2n) is 6.33. The van der Waals surface area contributed by atoms with Gasteiger partial charge in [-0.3, -0.25) is 4.57 Å². The molecule has 1 saturated carbocycles. The van der Waals surface area contributed by atoms with Crippen molar-refractivity contribution in [2.24, 2.45) is 11.8 Å². The highest BCUT2D eigenvalue weighted by molar-refractivity contribution is 5.77. The minimum absolute atomic E-state index is 0.465. The molecule has 0 radical (unpaired) electrons. The Hall–Kier alpha value is -1.52. The van der Waals surface area contributed by atoms with Crippen LogP contribution in [-0.2, 0) is 6.54 Å². The van der Waals surface area contributed by atoms with E-state index in [0.717, 1.165) is 35.2 Å². The quantitative estimate of drug-likeness (QED) is 0.916. The molecule has 3 atom stereocenters. The SMILES string of the molecule is CCn1nc(C)c2nc(N)n(C3CCC(C)C(C)C3)c21. The molecule has 5 nitrogen and oxygen atoms in total. The maximum Gasteiger partial charge on any atom is 0.202 e. The minimum atomic E-state index is 0.465. The zero-order chi connectivity index (χ0) is 14.4. The first-order valence-corrected chi connectivity index (χ1v) is 7.73. The van der Waals surface area contributed by atoms with Gasteiger partial charge in [0.25, 0.3) is 0 Å². The Balaban J connectivity index is 2.09. The molecule has 0 bridgehead atoms. The summed E-state index contributed by atoms with van der Waals surface area (Å²) in [5.74, 6) is 2.20. The number of imidazole rings is 1. The largest absolute Gasteiger partial charge is 0.369 e. The van der Waals surface area contributed by atoms with Crippen molar-refractivity contribution in [1.29, 1.82) is 0 Å². The minimum Gasteiger partial charge on any atom is -0.369 e. The van der Waals surface area contributed by atoms with Gasteiger partial charge in [0.1, 0.15) is 5.52 Å². The van der Waals surface area contributed by atoms with Gasteiger partial charge in [0.2, 0.25) is 5.95 Å². The van der Waals surface area contributed by atoms with E-state index in [1.807, 2.05) is 11.6 Å². The molecule has 2 aromatic heterocycles. The van der Waals surface area contributed by atoms with Gasteiger partial charge >= 0.3 is 0 Å². The van der Waals surface area contributed by atoms with Crippen LogP contribution in [0.25, 0.3) is 11.2 Å². The number of fused-ring (bicyclic) bond motifs is 1. The molecule has 0 aliphatic heterocycles. The van der Waals surface area contributed by atoms with Crippen LogP contribution in [0.2, 0.25) is 0 Å². The summed E-state index contributed by atoms with van der Waals surface area (Å²) in [5.41, 5.74) is 9.26. The number of hydrogen-bond acceptors (Lipinski definition) is 3. The van der Waals surface area contributed by atoms with Crippen molar-refractivity contribution >= 4 is 17.1 Å². The molecule has 3 rings (SSSR count). The maximum absolute atomic E-state index is 6.21. The Labute approximate surface area is 120 Å². The lowest BCUT2D eigenvalue weighted by Crippen LogP contribution is -2.25. The van der Waals surface area contributed by atoms with Crippen LogP contribution in [0.4, 0.5) is 5.95 Å². The van der Waals surface area contributed by atoms with Crippen molar-refractivity contribution in [1.82, 2.24) is 19.3 Å². The first-order valence-electron chi connectivity index (χ1n) is 7.73. The monoisotopic (exact) mass is 275 g/mol. The molecule has 0 saturated heterocycles. The molecule has 2 heterocycles. The third kappa shape index (κ3) is 1.91. The average Bonchev–Trinajstić information content (AvgIpc) is 2.90. The van der Waals surface area contributed by atoms with Crippen molar-refractivity contribution < 1.29 is 0 Å². The van der Waals surface area contributed by atoms with E-state index in [1.54, 1.807) is 0 Å². The lowest BCUT2D eigenvalue weighted by atomic mass is 9.79. The van der Waals surface area contributed by atoms with Gasteiger partial charge in [-0.05, 0) is 44.9 Å². The molecule has 3 unspecified atom stereocenters. The molecule has 5 heteroatoms. The lowest BCUT2D eigenvalue weighted by molar-refractivity contribution is 0.213. The molecule has 1 aliphatic carbocycles. The highest BCUT2D eigenvalue weighted by Gasteiger charge is 2.29. The summed E-state index contributed by atoms with van der Waals surface area (Å²) >= 11 is 0. The van der Waals surface area contributed by atoms with Crippen LogP contribution < -0.4 is 5.73 Å². The number of nitrogens with zero attached hydrogens (tertiary/aromatic N) is 4. The number of nitrogen functional groups attached to an aromatic ring is 1. The van der Waals surface area contributed by atoms with Gasteiger partial charge in [-0.15, -0.1) is 0 Å². The molecule has 20 heavy (non-hydrogen) atoms. The zero-order valence-electron chi connectivity index (χ0n) is 12.9. The van der Waals surface area contributed by atoms with Crippen molar-refractivity contribution in [2.75, 3.05) is 5.73 Å². The molecule has 0 spiro atoms. The van der Waals surface area contributed by atoms with Gasteiger partial charge in [0.15, 0.2) is 5.65 Å². The van der Waals surface area contributed by atoms with E-state index < -0.39 is 0 Å². The van der Waals surface area contributed by atoms with Crippen LogP contribution in [0.3, 0.4) is 0 Å². The fourth-order valence-corrected chi connectivity index (χ4v) is 3.54. The van der Waals surface area contributed by atoms with Gasteiger partial charge in [-0.2, -0.15) is 5.10 Å². The molecule has 110 valence electrons. The van der Waals surface area contributed by atoms with Crippen molar-refractivity contribution in [3.8, 4) is 0 Å². The molecule has 0 aromatic carbocycles. The van der Waals surface area contributed by atoms with Gasteiger partial charge in [-0.25, -0.2) is 9.67 Å². The Morgan fingerprint density at radius 1 is 1.25 bits per heavy atom. The molecule has 2 aromatic rings. The van der Waals surface area contributed by atoms with Crippen LogP contribution in [0, 0.1) is 18.8 Å². The van der Waals surface area contributed by atoms with Gasteiger partial charge in [0.05, 0.1) is 5.69 Å². The van der Waals surface area contributed by atoms with E-state index in [2.05, 4.69) is 35.4 Å². The number of nitrogens with two attached hydrogens (primary N) is 1. The van der Waals surface area contributed by atoms with Crippen molar-refractivity contribution in [3.63, 3.8) is 0 Å². The smallest absolute Gasteiger partial charge is 0.202 e. The summed E-state index contributed by atoms with van der Waals surface area (Å²) < 4.78 is 4.28. The Morgan fingerprint density at radius 2 is 2.00 bits per heavy atom. The lowest BCUT2D eigenvalue weighted by Gasteiger charge is -2.33. The van der Waals surface area contributed by atoms with E-state index in [9.17, 15) is 0 Å². The zero-order valence-corrected chi connectivity index (χ0v) is 12.9. The predicted molar refractivity (Wildman–Crippen MR) is 81.6 cm³/mol. The summed E-state index contributed by atoms with van der Waals surface area (Å²) in [6.07, 6.45) is 3.64. The van der Waals surface area contributed by atoms with Crippen molar-refractivity contribution in [2.45, 2.75) is 59.5 Å². The maximum atomic E-state index is 6.21. The van der Waals surface area contributed by atoms with Crippen molar-refractivity contribution in [3.05, 3.63) is 5.69 Å². The second-order valence-corrected chi connectivity index (χ2v) is 6.33. The van der Waals surface area contributed by atoms with Crippen LogP contribution >= 0.6 is 0 Å². The van der Waals surface area contributed by atoms with Crippen LogP contribution in [0.1, 0.15) is 51.8 Å². The predicted octanol–water partition coefficient (Wildman–Crippen LogP) is 3.14. The van der Waals surface area contributed by atoms with Gasteiger partial charge in [-0.1, -0.05) is 13.8 Å². The second kappa shape index (κ2) is 4.79. The molecule has 1 fully saturated rings. The number of hydrogen-bond donors (Lipinski definition) is 1. The molecule has 2 N–H and O–H groups in total. The summed E-state index contributed by atoms with van der Waals surface area (Å²) in [7, 11) is 0.